The van der Waals surface area contributed by atoms with Crippen LogP contribution in [0.25, 0.3) is 0 Å². The molecule has 0 amide bonds. The Hall–Kier alpha value is -1.71. The van der Waals surface area contributed by atoms with Crippen LogP contribution < -0.4 is 11.5 Å². The summed E-state index contributed by atoms with van der Waals surface area (Å²) in [4.78, 5) is 10.4. The van der Waals surface area contributed by atoms with Crippen molar-refractivity contribution in [3.05, 3.63) is 23.3 Å². The molecule has 0 saturated carbocycles. The summed E-state index contributed by atoms with van der Waals surface area (Å²) in [6.45, 7) is 1.81. The number of nitrogens with two attached hydrogens (primary N) is 2. The van der Waals surface area contributed by atoms with Gasteiger partial charge in [-0.25, -0.2) is 0 Å². The van der Waals surface area contributed by atoms with Crippen molar-refractivity contribution in [3.8, 4) is 0 Å². The van der Waals surface area contributed by atoms with Crippen molar-refractivity contribution in [1.29, 1.82) is 0 Å². The Labute approximate surface area is 76.2 Å². The maximum atomic E-state index is 10.4. The Morgan fingerprint density at radius 2 is 1.92 bits per heavy atom. The average Bonchev–Trinajstić information content (AvgIpc) is 1.99. The highest BCUT2D eigenvalue weighted by Gasteiger charge is 2.06. The van der Waals surface area contributed by atoms with Gasteiger partial charge in [0, 0.05) is 0 Å². The third-order valence-corrected chi connectivity index (χ3v) is 1.88. The van der Waals surface area contributed by atoms with E-state index in [0.717, 1.165) is 5.56 Å². The van der Waals surface area contributed by atoms with Crippen LogP contribution in [0, 0.1) is 6.92 Å². The SMILES string of the molecule is Cc1cc(N)c(N)cc1CC(=O)O. The monoisotopic (exact) mass is 180 g/mol. The first-order valence-corrected chi connectivity index (χ1v) is 3.87. The fourth-order valence-corrected chi connectivity index (χ4v) is 1.15. The third-order valence-electron chi connectivity index (χ3n) is 1.88. The fraction of sp³-hybridized carbons (Fsp3) is 0.222. The molecule has 5 N–H and O–H groups in total. The van der Waals surface area contributed by atoms with E-state index in [1.165, 1.54) is 0 Å². The molecule has 0 fully saturated rings. The number of carboxylic acid groups (broad SMARTS) is 1. The number of aryl methyl sites for hydroxylation is 1. The number of hydrogen-bond acceptors (Lipinski definition) is 3. The Bertz CT molecular complexity index is 348. The van der Waals surface area contributed by atoms with E-state index in [1.807, 2.05) is 6.92 Å². The van der Waals surface area contributed by atoms with Crippen molar-refractivity contribution >= 4 is 17.3 Å². The number of anilines is 2. The zero-order chi connectivity index (χ0) is 10.0. The molecule has 13 heavy (non-hydrogen) atoms. The maximum absolute atomic E-state index is 10.4. The summed E-state index contributed by atoms with van der Waals surface area (Å²) in [5.41, 5.74) is 13.6. The zero-order valence-electron chi connectivity index (χ0n) is 7.37. The Morgan fingerprint density at radius 3 is 2.46 bits per heavy atom. The molecular formula is C9H12N2O2. The topological polar surface area (TPSA) is 89.3 Å². The molecule has 0 radical (unpaired) electrons. The first-order valence-electron chi connectivity index (χ1n) is 3.87. The molecule has 4 nitrogen and oxygen atoms in total. The predicted octanol–water partition coefficient (Wildman–Crippen LogP) is 0.787. The van der Waals surface area contributed by atoms with Crippen molar-refractivity contribution in [2.45, 2.75) is 13.3 Å². The second kappa shape index (κ2) is 3.35. The van der Waals surface area contributed by atoms with E-state index in [1.54, 1.807) is 12.1 Å². The predicted molar refractivity (Wildman–Crippen MR) is 51.3 cm³/mol. The number of nitrogen functional groups attached to an aromatic ring is 2. The summed E-state index contributed by atoms with van der Waals surface area (Å²) in [5, 5.41) is 8.58. The Balaban J connectivity index is 3.08. The minimum absolute atomic E-state index is 0.0175. The van der Waals surface area contributed by atoms with Crippen molar-refractivity contribution < 1.29 is 9.90 Å². The van der Waals surface area contributed by atoms with Gasteiger partial charge in [-0.3, -0.25) is 4.79 Å². The van der Waals surface area contributed by atoms with Gasteiger partial charge in [0.25, 0.3) is 0 Å². The summed E-state index contributed by atoms with van der Waals surface area (Å²) in [6.07, 6.45) is -0.0175. The molecule has 0 aliphatic carbocycles. The van der Waals surface area contributed by atoms with E-state index < -0.39 is 5.97 Å². The van der Waals surface area contributed by atoms with Gasteiger partial charge in [-0.15, -0.1) is 0 Å². The first-order chi connectivity index (χ1) is 6.00. The number of carbonyl (C=O) groups is 1. The van der Waals surface area contributed by atoms with Crippen LogP contribution in [0.4, 0.5) is 11.4 Å². The molecule has 0 aliphatic heterocycles. The normalized spacial score (nSPS) is 9.92. The summed E-state index contributed by atoms with van der Waals surface area (Å²) in [5.74, 6) is -0.868. The van der Waals surface area contributed by atoms with Crippen molar-refractivity contribution in [2.24, 2.45) is 0 Å². The molecule has 4 heteroatoms. The first kappa shape index (κ1) is 9.38. The maximum Gasteiger partial charge on any atom is 0.307 e. The van der Waals surface area contributed by atoms with Crippen LogP contribution in [0.5, 0.6) is 0 Å². The Morgan fingerprint density at radius 1 is 1.38 bits per heavy atom. The largest absolute Gasteiger partial charge is 0.481 e. The Kier molecular flexibility index (Phi) is 2.41. The van der Waals surface area contributed by atoms with E-state index in [4.69, 9.17) is 16.6 Å². The van der Waals surface area contributed by atoms with Gasteiger partial charge in [-0.05, 0) is 30.2 Å². The van der Waals surface area contributed by atoms with Crippen LogP contribution in [0.1, 0.15) is 11.1 Å². The van der Waals surface area contributed by atoms with E-state index in [0.29, 0.717) is 16.9 Å². The quantitative estimate of drug-likeness (QED) is 0.587. The number of benzene rings is 1. The summed E-state index contributed by atoms with van der Waals surface area (Å²) >= 11 is 0. The minimum Gasteiger partial charge on any atom is -0.481 e. The molecule has 0 aliphatic rings. The van der Waals surface area contributed by atoms with Gasteiger partial charge in [0.1, 0.15) is 0 Å². The van der Waals surface area contributed by atoms with Crippen LogP contribution in [0.3, 0.4) is 0 Å². The van der Waals surface area contributed by atoms with Crippen LogP contribution in [0.2, 0.25) is 0 Å². The number of aliphatic carboxylic acids is 1. The van der Waals surface area contributed by atoms with Crippen LogP contribution >= 0.6 is 0 Å². The molecule has 0 bridgehead atoms. The number of rotatable bonds is 2. The number of hydrogen-bond donors (Lipinski definition) is 3. The molecule has 0 unspecified atom stereocenters. The minimum atomic E-state index is -0.868. The molecule has 0 atom stereocenters. The smallest absolute Gasteiger partial charge is 0.307 e. The molecule has 70 valence electrons. The number of carboxylic acids is 1. The highest BCUT2D eigenvalue weighted by atomic mass is 16.4. The second-order valence-corrected chi connectivity index (χ2v) is 2.98. The third kappa shape index (κ3) is 2.11. The molecule has 0 aromatic heterocycles. The highest BCUT2D eigenvalue weighted by molar-refractivity contribution is 5.74. The van der Waals surface area contributed by atoms with E-state index in [-0.39, 0.29) is 6.42 Å². The standard InChI is InChI=1S/C9H12N2O2/c1-5-2-7(10)8(11)3-6(5)4-9(12)13/h2-3H,4,10-11H2,1H3,(H,12,13). The van der Waals surface area contributed by atoms with Gasteiger partial charge in [0.15, 0.2) is 0 Å². The van der Waals surface area contributed by atoms with Gasteiger partial charge in [0.05, 0.1) is 17.8 Å². The average molecular weight is 180 g/mol. The van der Waals surface area contributed by atoms with Gasteiger partial charge < -0.3 is 16.6 Å². The lowest BCUT2D eigenvalue weighted by Gasteiger charge is -2.06. The van der Waals surface area contributed by atoms with Gasteiger partial charge in [-0.1, -0.05) is 0 Å². The van der Waals surface area contributed by atoms with E-state index in [2.05, 4.69) is 0 Å². The van der Waals surface area contributed by atoms with Crippen molar-refractivity contribution in [2.75, 3.05) is 11.5 Å². The van der Waals surface area contributed by atoms with E-state index >= 15 is 0 Å². The second-order valence-electron chi connectivity index (χ2n) is 2.98. The van der Waals surface area contributed by atoms with E-state index in [9.17, 15) is 4.79 Å². The van der Waals surface area contributed by atoms with Gasteiger partial charge in [-0.2, -0.15) is 0 Å². The van der Waals surface area contributed by atoms with Crippen LogP contribution in [-0.4, -0.2) is 11.1 Å². The van der Waals surface area contributed by atoms with Crippen LogP contribution in [-0.2, 0) is 11.2 Å². The molecule has 0 spiro atoms. The lowest BCUT2D eigenvalue weighted by atomic mass is 10.0. The van der Waals surface area contributed by atoms with Crippen molar-refractivity contribution in [3.63, 3.8) is 0 Å². The summed E-state index contributed by atoms with van der Waals surface area (Å²) in [6, 6.07) is 3.30. The molecule has 1 aromatic rings. The van der Waals surface area contributed by atoms with Crippen LogP contribution in [0.15, 0.2) is 12.1 Å². The molecule has 1 aromatic carbocycles. The summed E-state index contributed by atoms with van der Waals surface area (Å²) < 4.78 is 0. The molecule has 1 rings (SSSR count). The lowest BCUT2D eigenvalue weighted by molar-refractivity contribution is -0.136. The zero-order valence-corrected chi connectivity index (χ0v) is 7.37. The van der Waals surface area contributed by atoms with Gasteiger partial charge in [0.2, 0.25) is 0 Å². The molecular weight excluding hydrogens is 168 g/mol. The summed E-state index contributed by atoms with van der Waals surface area (Å²) in [7, 11) is 0. The highest BCUT2D eigenvalue weighted by Crippen LogP contribution is 2.20. The molecule has 0 heterocycles. The van der Waals surface area contributed by atoms with Crippen molar-refractivity contribution in [1.82, 2.24) is 0 Å². The fourth-order valence-electron chi connectivity index (χ4n) is 1.15. The lowest BCUT2D eigenvalue weighted by Crippen LogP contribution is -2.04. The molecule has 0 saturated heterocycles. The van der Waals surface area contributed by atoms with Gasteiger partial charge >= 0.3 is 5.97 Å².